The van der Waals surface area contributed by atoms with Crippen molar-refractivity contribution in [3.8, 4) is 77.9 Å². The molecule has 1 heteroatoms. The summed E-state index contributed by atoms with van der Waals surface area (Å²) in [7, 11) is 0. The van der Waals surface area contributed by atoms with Gasteiger partial charge in [-0.3, -0.25) is 0 Å². The molecule has 61 heavy (non-hydrogen) atoms. The molecule has 0 atom stereocenters. The Morgan fingerprint density at radius 3 is 0.885 bits per heavy atom. The second-order valence-corrected chi connectivity index (χ2v) is 15.3. The summed E-state index contributed by atoms with van der Waals surface area (Å²) >= 11 is 0. The topological polar surface area (TPSA) is 3.24 Å². The molecule has 0 radical (unpaired) electrons. The Balaban J connectivity index is 1.17. The smallest absolute Gasteiger partial charge is 0.0546 e. The molecule has 0 amide bonds. The molecule has 0 N–H and O–H groups in total. The van der Waals surface area contributed by atoms with Crippen LogP contribution in [0.4, 0.5) is 17.1 Å². The van der Waals surface area contributed by atoms with Crippen LogP contribution < -0.4 is 4.90 Å². The highest BCUT2D eigenvalue weighted by Gasteiger charge is 2.22. The van der Waals surface area contributed by atoms with Crippen LogP contribution in [0.2, 0.25) is 0 Å². The first kappa shape index (κ1) is 37.3. The van der Waals surface area contributed by atoms with Gasteiger partial charge in [-0.05, 0) is 109 Å². The normalized spacial score (nSPS) is 11.0. The lowest BCUT2D eigenvalue weighted by atomic mass is 9.88. The minimum atomic E-state index is 1.07. The fourth-order valence-corrected chi connectivity index (χ4v) is 8.54. The van der Waals surface area contributed by atoms with Gasteiger partial charge in [-0.15, -0.1) is 0 Å². The van der Waals surface area contributed by atoms with E-state index >= 15 is 0 Å². The molecule has 0 heterocycles. The van der Waals surface area contributed by atoms with Gasteiger partial charge in [-0.1, -0.05) is 224 Å². The molecular formula is C60H43N. The second kappa shape index (κ2) is 17.1. The summed E-state index contributed by atoms with van der Waals surface area (Å²) in [5.74, 6) is 0. The highest BCUT2D eigenvalue weighted by atomic mass is 15.1. The minimum Gasteiger partial charge on any atom is -0.310 e. The van der Waals surface area contributed by atoms with E-state index in [9.17, 15) is 0 Å². The zero-order valence-corrected chi connectivity index (χ0v) is 33.8. The lowest BCUT2D eigenvalue weighted by Crippen LogP contribution is -2.12. The molecule has 0 aliphatic heterocycles. The Labute approximate surface area is 359 Å². The van der Waals surface area contributed by atoms with E-state index in [1.165, 1.54) is 61.2 Å². The van der Waals surface area contributed by atoms with Crippen LogP contribution in [-0.2, 0) is 0 Å². The van der Waals surface area contributed by atoms with Gasteiger partial charge in [0, 0.05) is 16.9 Å². The summed E-state index contributed by atoms with van der Waals surface area (Å²) in [5, 5.41) is 0. The summed E-state index contributed by atoms with van der Waals surface area (Å²) < 4.78 is 0. The van der Waals surface area contributed by atoms with Crippen molar-refractivity contribution in [2.24, 2.45) is 0 Å². The van der Waals surface area contributed by atoms with E-state index in [4.69, 9.17) is 0 Å². The predicted octanol–water partition coefficient (Wildman–Crippen LogP) is 16.8. The van der Waals surface area contributed by atoms with Gasteiger partial charge in [0.05, 0.1) is 5.69 Å². The third kappa shape index (κ3) is 7.69. The lowest BCUT2D eigenvalue weighted by molar-refractivity contribution is 1.28. The molecule has 0 aromatic heterocycles. The summed E-state index contributed by atoms with van der Waals surface area (Å²) in [6.45, 7) is 0. The number of benzene rings is 10. The number of anilines is 3. The van der Waals surface area contributed by atoms with E-state index in [-0.39, 0.29) is 0 Å². The van der Waals surface area contributed by atoms with Gasteiger partial charge in [-0.2, -0.15) is 0 Å². The maximum absolute atomic E-state index is 2.43. The second-order valence-electron chi connectivity index (χ2n) is 15.3. The molecule has 0 aliphatic rings. The van der Waals surface area contributed by atoms with Gasteiger partial charge in [0.25, 0.3) is 0 Å². The van der Waals surface area contributed by atoms with Gasteiger partial charge in [0.2, 0.25) is 0 Å². The van der Waals surface area contributed by atoms with Crippen molar-refractivity contribution < 1.29 is 0 Å². The van der Waals surface area contributed by atoms with E-state index in [1.54, 1.807) is 0 Å². The van der Waals surface area contributed by atoms with Gasteiger partial charge in [0.1, 0.15) is 0 Å². The van der Waals surface area contributed by atoms with Crippen molar-refractivity contribution in [2.45, 2.75) is 0 Å². The molecule has 10 rings (SSSR count). The number of hydrogen-bond acceptors (Lipinski definition) is 1. The zero-order chi connectivity index (χ0) is 40.8. The van der Waals surface area contributed by atoms with Crippen molar-refractivity contribution in [1.29, 1.82) is 0 Å². The highest BCUT2D eigenvalue weighted by molar-refractivity contribution is 5.98. The zero-order valence-electron chi connectivity index (χ0n) is 33.8. The fourth-order valence-electron chi connectivity index (χ4n) is 8.54. The van der Waals surface area contributed by atoms with Crippen molar-refractivity contribution in [3.05, 3.63) is 261 Å². The van der Waals surface area contributed by atoms with Gasteiger partial charge in [0.15, 0.2) is 0 Å². The first-order chi connectivity index (χ1) is 30.3. The average molecular weight is 778 g/mol. The Hall–Kier alpha value is -8.00. The Morgan fingerprint density at radius 2 is 0.459 bits per heavy atom. The number of hydrogen-bond donors (Lipinski definition) is 0. The van der Waals surface area contributed by atoms with Crippen molar-refractivity contribution in [1.82, 2.24) is 0 Å². The van der Waals surface area contributed by atoms with Crippen molar-refractivity contribution in [3.63, 3.8) is 0 Å². The molecule has 0 unspecified atom stereocenters. The quantitative estimate of drug-likeness (QED) is 0.134. The molecule has 1 nitrogen and oxygen atoms in total. The van der Waals surface area contributed by atoms with Crippen LogP contribution in [0.1, 0.15) is 0 Å². The van der Waals surface area contributed by atoms with Gasteiger partial charge in [-0.25, -0.2) is 0 Å². The Bertz CT molecular complexity index is 3010. The predicted molar refractivity (Wildman–Crippen MR) is 259 cm³/mol. The lowest BCUT2D eigenvalue weighted by Gasteiger charge is -2.30. The Morgan fingerprint density at radius 1 is 0.180 bits per heavy atom. The summed E-state index contributed by atoms with van der Waals surface area (Å²) in [6, 6.07) is 94.0. The van der Waals surface area contributed by atoms with Gasteiger partial charge >= 0.3 is 0 Å². The summed E-state index contributed by atoms with van der Waals surface area (Å²) in [4.78, 5) is 2.43. The van der Waals surface area contributed by atoms with Crippen LogP contribution in [0.5, 0.6) is 0 Å². The first-order valence-corrected chi connectivity index (χ1v) is 20.9. The molecule has 10 aromatic rings. The van der Waals surface area contributed by atoms with Crippen molar-refractivity contribution >= 4 is 17.1 Å². The van der Waals surface area contributed by atoms with E-state index in [0.717, 1.165) is 33.8 Å². The largest absolute Gasteiger partial charge is 0.310 e. The number of nitrogens with zero attached hydrogens (tertiary/aromatic N) is 1. The van der Waals surface area contributed by atoms with E-state index in [2.05, 4.69) is 266 Å². The summed E-state index contributed by atoms with van der Waals surface area (Å²) in [6.07, 6.45) is 0. The number of rotatable bonds is 10. The SMILES string of the molecule is c1ccc(-c2ccc(N(c3ccc(-c4ccccc4-c4ccccc4-c4ccccc4)cc3)c3cc(-c4ccccc4)c(-c4ccccc4)cc3-c3ccccc3)cc2)cc1. The molecule has 0 aliphatic carbocycles. The first-order valence-electron chi connectivity index (χ1n) is 20.9. The third-order valence-corrected chi connectivity index (χ3v) is 11.5. The monoisotopic (exact) mass is 777 g/mol. The molecule has 0 spiro atoms. The van der Waals surface area contributed by atoms with Crippen LogP contribution >= 0.6 is 0 Å². The van der Waals surface area contributed by atoms with E-state index < -0.39 is 0 Å². The van der Waals surface area contributed by atoms with Gasteiger partial charge < -0.3 is 4.90 Å². The molecule has 0 fully saturated rings. The molecule has 10 aromatic carbocycles. The van der Waals surface area contributed by atoms with Crippen LogP contribution in [0.25, 0.3) is 77.9 Å². The maximum Gasteiger partial charge on any atom is 0.0546 e. The third-order valence-electron chi connectivity index (χ3n) is 11.5. The summed E-state index contributed by atoms with van der Waals surface area (Å²) in [5.41, 5.74) is 19.9. The fraction of sp³-hybridized carbons (Fsp3) is 0. The van der Waals surface area contributed by atoms with E-state index in [1.807, 2.05) is 0 Å². The molecular weight excluding hydrogens is 735 g/mol. The molecule has 0 saturated carbocycles. The molecule has 0 bridgehead atoms. The Kier molecular flexibility index (Phi) is 10.4. The van der Waals surface area contributed by atoms with Crippen LogP contribution in [0.15, 0.2) is 261 Å². The molecule has 288 valence electrons. The standard InChI is InChI=1S/C60H43N/c1-6-20-44(21-7-1)45-34-38-51(39-35-45)61(52-40-36-50(37-41-52)54-31-17-19-33-56(54)55-32-18-16-30-53(55)46-22-8-2-9-23-46)60-43-58(48-26-12-4-13-27-48)57(47-24-10-3-11-25-47)42-59(60)49-28-14-5-15-29-49/h1-43H. The minimum absolute atomic E-state index is 1.07. The van der Waals surface area contributed by atoms with Crippen LogP contribution in [0.3, 0.4) is 0 Å². The average Bonchev–Trinajstić information content (AvgIpc) is 3.36. The maximum atomic E-state index is 2.43. The van der Waals surface area contributed by atoms with Crippen molar-refractivity contribution in [2.75, 3.05) is 4.90 Å². The van der Waals surface area contributed by atoms with Crippen LogP contribution in [0, 0.1) is 0 Å². The van der Waals surface area contributed by atoms with Crippen LogP contribution in [-0.4, -0.2) is 0 Å². The molecule has 0 saturated heterocycles. The van der Waals surface area contributed by atoms with E-state index in [0.29, 0.717) is 0 Å². The highest BCUT2D eigenvalue weighted by Crippen LogP contribution is 2.47.